The molecule has 1 fully saturated rings. The molecular weight excluding hydrogens is 529 g/mol. The first-order valence-electron chi connectivity index (χ1n) is 13.1. The van der Waals surface area contributed by atoms with Crippen LogP contribution in [0.2, 0.25) is 0 Å². The first-order chi connectivity index (χ1) is 18.5. The molecule has 0 spiro atoms. The number of nitrogens with zero attached hydrogens (tertiary/aromatic N) is 4. The summed E-state index contributed by atoms with van der Waals surface area (Å²) in [4.78, 5) is 6.50. The van der Waals surface area contributed by atoms with E-state index in [0.29, 0.717) is 13.2 Å². The monoisotopic (exact) mass is 562 g/mol. The number of benzene rings is 2. The summed E-state index contributed by atoms with van der Waals surface area (Å²) in [5, 5.41) is 0. The summed E-state index contributed by atoms with van der Waals surface area (Å²) in [5.41, 5.74) is 2.66. The number of hydrogen-bond donors (Lipinski definition) is 0. The topological polar surface area (TPSA) is 67.7 Å². The lowest BCUT2D eigenvalue weighted by molar-refractivity contribution is -0.137. The largest absolute Gasteiger partial charge is 0.416 e. The van der Waals surface area contributed by atoms with Gasteiger partial charge in [0.15, 0.2) is 0 Å². The summed E-state index contributed by atoms with van der Waals surface area (Å²) < 4.78 is 76.6. The van der Waals surface area contributed by atoms with Crippen LogP contribution in [0.4, 0.5) is 18.9 Å². The highest BCUT2D eigenvalue weighted by Crippen LogP contribution is 2.35. The highest BCUT2D eigenvalue weighted by Gasteiger charge is 2.36. The number of sulfonamides is 1. The van der Waals surface area contributed by atoms with E-state index in [2.05, 4.69) is 9.88 Å². The standard InChI is InChI=1S/C28H33F3N4O3S/c1-20-7-12-27-21(13-20)14-34(39(36,37)26-10-8-22(9-11-26)28(29,30)31)17-24(18-38-25-5-3-4-6-25)35(27)16-23-15-33(2)19-32-23/h7-13,15,19,24-25H,3-6,14,16-18H2,1-2H3. The molecule has 0 radical (unpaired) electrons. The molecular formula is C28H33F3N4O3S. The van der Waals surface area contributed by atoms with Gasteiger partial charge in [0.05, 0.1) is 47.8 Å². The van der Waals surface area contributed by atoms with Gasteiger partial charge in [0.25, 0.3) is 0 Å². The van der Waals surface area contributed by atoms with E-state index in [0.717, 1.165) is 72.5 Å². The Morgan fingerprint density at radius 3 is 2.44 bits per heavy atom. The third-order valence-electron chi connectivity index (χ3n) is 7.48. The van der Waals surface area contributed by atoms with E-state index in [1.54, 1.807) is 6.33 Å². The Hall–Kier alpha value is -2.89. The van der Waals surface area contributed by atoms with Crippen molar-refractivity contribution in [2.75, 3.05) is 18.1 Å². The van der Waals surface area contributed by atoms with Gasteiger partial charge in [-0.1, -0.05) is 30.5 Å². The molecule has 2 heterocycles. The number of ether oxygens (including phenoxy) is 1. The molecule has 1 aliphatic heterocycles. The van der Waals surface area contributed by atoms with Gasteiger partial charge >= 0.3 is 6.18 Å². The molecule has 11 heteroatoms. The Balaban J connectivity index is 1.52. The minimum Gasteiger partial charge on any atom is -0.376 e. The number of halogens is 3. The molecule has 7 nitrogen and oxygen atoms in total. The maximum Gasteiger partial charge on any atom is 0.416 e. The second kappa shape index (κ2) is 10.9. The lowest BCUT2D eigenvalue weighted by atomic mass is 10.1. The number of aromatic nitrogens is 2. The summed E-state index contributed by atoms with van der Waals surface area (Å²) >= 11 is 0. The van der Waals surface area contributed by atoms with Gasteiger partial charge in [-0.15, -0.1) is 0 Å². The maximum absolute atomic E-state index is 13.8. The fourth-order valence-electron chi connectivity index (χ4n) is 5.44. The predicted molar refractivity (Wildman–Crippen MR) is 142 cm³/mol. The summed E-state index contributed by atoms with van der Waals surface area (Å²) in [6.07, 6.45) is 3.46. The molecule has 3 aromatic rings. The number of imidazole rings is 1. The van der Waals surface area contributed by atoms with Crippen LogP contribution in [-0.4, -0.2) is 47.6 Å². The fourth-order valence-corrected chi connectivity index (χ4v) is 6.89. The van der Waals surface area contributed by atoms with E-state index < -0.39 is 21.8 Å². The van der Waals surface area contributed by atoms with Crippen molar-refractivity contribution < 1.29 is 26.3 Å². The number of hydrogen-bond acceptors (Lipinski definition) is 5. The SMILES string of the molecule is Cc1ccc2c(c1)CN(S(=O)(=O)c1ccc(C(F)(F)F)cc1)CC(COC1CCCC1)N2Cc1cn(C)cn1. The van der Waals surface area contributed by atoms with Crippen LogP contribution >= 0.6 is 0 Å². The molecule has 0 N–H and O–H groups in total. The summed E-state index contributed by atoms with van der Waals surface area (Å²) in [5.74, 6) is 0. The second-order valence-electron chi connectivity index (χ2n) is 10.5. The predicted octanol–water partition coefficient (Wildman–Crippen LogP) is 5.29. The molecule has 0 saturated heterocycles. The van der Waals surface area contributed by atoms with Crippen molar-refractivity contribution in [1.82, 2.24) is 13.9 Å². The van der Waals surface area contributed by atoms with Crippen LogP contribution < -0.4 is 4.90 Å². The Bertz CT molecular complexity index is 1400. The van der Waals surface area contributed by atoms with Gasteiger partial charge in [-0.25, -0.2) is 13.4 Å². The first-order valence-corrected chi connectivity index (χ1v) is 14.6. The Kier molecular flexibility index (Phi) is 7.76. The zero-order chi connectivity index (χ0) is 27.8. The minimum atomic E-state index is -4.55. The van der Waals surface area contributed by atoms with Gasteiger partial charge in [-0.05, 0) is 55.7 Å². The van der Waals surface area contributed by atoms with E-state index in [1.165, 1.54) is 4.31 Å². The van der Waals surface area contributed by atoms with E-state index in [4.69, 9.17) is 4.74 Å². The van der Waals surface area contributed by atoms with Crippen molar-refractivity contribution in [2.24, 2.45) is 7.05 Å². The van der Waals surface area contributed by atoms with Gasteiger partial charge in [0.2, 0.25) is 10.0 Å². The number of alkyl halides is 3. The maximum atomic E-state index is 13.8. The van der Waals surface area contributed by atoms with Crippen LogP contribution in [0.1, 0.15) is 48.1 Å². The molecule has 1 aliphatic carbocycles. The van der Waals surface area contributed by atoms with Crippen LogP contribution in [0, 0.1) is 6.92 Å². The van der Waals surface area contributed by atoms with E-state index in [-0.39, 0.29) is 30.1 Å². The lowest BCUT2D eigenvalue weighted by Gasteiger charge is -2.34. The molecule has 1 atom stereocenters. The molecule has 0 bridgehead atoms. The van der Waals surface area contributed by atoms with E-state index >= 15 is 0 Å². The minimum absolute atomic E-state index is 0.0962. The van der Waals surface area contributed by atoms with Gasteiger partial charge in [0.1, 0.15) is 0 Å². The Morgan fingerprint density at radius 2 is 1.79 bits per heavy atom. The number of aryl methyl sites for hydroxylation is 2. The average molecular weight is 563 g/mol. The fraction of sp³-hybridized carbons (Fsp3) is 0.464. The molecule has 5 rings (SSSR count). The highest BCUT2D eigenvalue weighted by atomic mass is 32.2. The van der Waals surface area contributed by atoms with Crippen molar-refractivity contribution >= 4 is 15.7 Å². The Morgan fingerprint density at radius 1 is 1.08 bits per heavy atom. The molecule has 2 aliphatic rings. The molecule has 210 valence electrons. The van der Waals surface area contributed by atoms with Crippen LogP contribution in [-0.2, 0) is 41.1 Å². The van der Waals surface area contributed by atoms with Crippen LogP contribution in [0.3, 0.4) is 0 Å². The van der Waals surface area contributed by atoms with E-state index in [9.17, 15) is 21.6 Å². The van der Waals surface area contributed by atoms with Gasteiger partial charge in [0, 0.05) is 32.0 Å². The summed E-state index contributed by atoms with van der Waals surface area (Å²) in [6.45, 7) is 2.95. The molecule has 1 unspecified atom stereocenters. The van der Waals surface area contributed by atoms with Gasteiger partial charge in [-0.3, -0.25) is 0 Å². The molecule has 1 aromatic heterocycles. The zero-order valence-electron chi connectivity index (χ0n) is 22.1. The van der Waals surface area contributed by atoms with Crippen LogP contribution in [0.5, 0.6) is 0 Å². The quantitative estimate of drug-likeness (QED) is 0.392. The van der Waals surface area contributed by atoms with Gasteiger partial charge < -0.3 is 14.2 Å². The average Bonchev–Trinajstić information content (AvgIpc) is 3.53. The van der Waals surface area contributed by atoms with Crippen molar-refractivity contribution in [3.63, 3.8) is 0 Å². The highest BCUT2D eigenvalue weighted by molar-refractivity contribution is 7.89. The third-order valence-corrected chi connectivity index (χ3v) is 9.31. The van der Waals surface area contributed by atoms with Crippen molar-refractivity contribution in [1.29, 1.82) is 0 Å². The number of fused-ring (bicyclic) bond motifs is 1. The van der Waals surface area contributed by atoms with Crippen molar-refractivity contribution in [3.8, 4) is 0 Å². The molecule has 1 saturated carbocycles. The zero-order valence-corrected chi connectivity index (χ0v) is 22.9. The third kappa shape index (κ3) is 6.15. The summed E-state index contributed by atoms with van der Waals surface area (Å²) in [6, 6.07) is 9.35. The smallest absolute Gasteiger partial charge is 0.376 e. The number of anilines is 1. The first kappa shape index (κ1) is 27.7. The molecule has 0 amide bonds. The lowest BCUT2D eigenvalue weighted by Crippen LogP contribution is -2.46. The second-order valence-corrected chi connectivity index (χ2v) is 12.4. The van der Waals surface area contributed by atoms with Crippen LogP contribution in [0.25, 0.3) is 0 Å². The number of rotatable bonds is 7. The van der Waals surface area contributed by atoms with Crippen molar-refractivity contribution in [2.45, 2.75) is 68.9 Å². The van der Waals surface area contributed by atoms with Crippen LogP contribution in [0.15, 0.2) is 59.9 Å². The van der Waals surface area contributed by atoms with Gasteiger partial charge in [-0.2, -0.15) is 17.5 Å². The summed E-state index contributed by atoms with van der Waals surface area (Å²) in [7, 11) is -2.20. The normalized spacial score (nSPS) is 19.3. The molecule has 2 aromatic carbocycles. The molecule has 39 heavy (non-hydrogen) atoms. The Labute approximate surface area is 227 Å². The van der Waals surface area contributed by atoms with Crippen molar-refractivity contribution in [3.05, 3.63) is 77.4 Å². The van der Waals surface area contributed by atoms with E-state index in [1.807, 2.05) is 42.9 Å².